The Balaban J connectivity index is 1.22. The predicted octanol–water partition coefficient (Wildman–Crippen LogP) is 3.66. The van der Waals surface area contributed by atoms with Gasteiger partial charge in [-0.05, 0) is 50.3 Å². The minimum Gasteiger partial charge on any atom is -0.338 e. The summed E-state index contributed by atoms with van der Waals surface area (Å²) in [6.07, 6.45) is 6.13. The second-order valence-electron chi connectivity index (χ2n) is 6.72. The zero-order valence-corrected chi connectivity index (χ0v) is 16.0. The van der Waals surface area contributed by atoms with Gasteiger partial charge in [0.1, 0.15) is 5.01 Å². The molecule has 1 fully saturated rings. The number of aryl methyl sites for hydroxylation is 2. The molecule has 140 valence electrons. The number of amides is 2. The van der Waals surface area contributed by atoms with E-state index in [1.165, 1.54) is 29.7 Å². The predicted molar refractivity (Wildman–Crippen MR) is 106 cm³/mol. The summed E-state index contributed by atoms with van der Waals surface area (Å²) < 4.78 is 1.90. The Kier molecular flexibility index (Phi) is 5.15. The smallest absolute Gasteiger partial charge is 0.321 e. The number of benzene rings is 1. The van der Waals surface area contributed by atoms with Gasteiger partial charge >= 0.3 is 6.03 Å². The quantitative estimate of drug-likeness (QED) is 0.611. The monoisotopic (exact) mass is 382 g/mol. The van der Waals surface area contributed by atoms with Crippen molar-refractivity contribution < 1.29 is 4.79 Å². The van der Waals surface area contributed by atoms with Crippen LogP contribution in [0.25, 0.3) is 5.69 Å². The minimum atomic E-state index is -0.231. The summed E-state index contributed by atoms with van der Waals surface area (Å²) >= 11 is 1.47. The molecule has 3 aromatic rings. The van der Waals surface area contributed by atoms with Crippen molar-refractivity contribution in [2.45, 2.75) is 38.5 Å². The summed E-state index contributed by atoms with van der Waals surface area (Å²) in [4.78, 5) is 12.0. The van der Waals surface area contributed by atoms with Crippen LogP contribution >= 0.6 is 11.3 Å². The van der Waals surface area contributed by atoms with Crippen molar-refractivity contribution >= 4 is 22.5 Å². The summed E-state index contributed by atoms with van der Waals surface area (Å²) in [5.74, 6) is 0.557. The zero-order valence-electron chi connectivity index (χ0n) is 15.2. The van der Waals surface area contributed by atoms with Crippen LogP contribution in [0.4, 0.5) is 9.93 Å². The van der Waals surface area contributed by atoms with Crippen LogP contribution in [-0.4, -0.2) is 32.6 Å². The third-order valence-corrected chi connectivity index (χ3v) is 5.52. The zero-order chi connectivity index (χ0) is 18.6. The molecule has 8 heteroatoms. The van der Waals surface area contributed by atoms with Crippen LogP contribution in [0.1, 0.15) is 41.4 Å². The van der Waals surface area contributed by atoms with Crippen molar-refractivity contribution in [2.75, 3.05) is 11.9 Å². The van der Waals surface area contributed by atoms with E-state index in [9.17, 15) is 4.79 Å². The van der Waals surface area contributed by atoms with E-state index in [-0.39, 0.29) is 6.03 Å². The maximum absolute atomic E-state index is 12.0. The lowest BCUT2D eigenvalue weighted by atomic mass is 10.1. The molecule has 27 heavy (non-hydrogen) atoms. The lowest BCUT2D eigenvalue weighted by Crippen LogP contribution is -2.29. The van der Waals surface area contributed by atoms with Crippen LogP contribution in [0.2, 0.25) is 0 Å². The highest BCUT2D eigenvalue weighted by Gasteiger charge is 2.27. The summed E-state index contributed by atoms with van der Waals surface area (Å²) in [6.45, 7) is 2.61. The van der Waals surface area contributed by atoms with Crippen molar-refractivity contribution in [3.8, 4) is 5.69 Å². The Bertz CT molecular complexity index is 915. The highest BCUT2D eigenvalue weighted by atomic mass is 32.1. The van der Waals surface area contributed by atoms with Crippen LogP contribution < -0.4 is 10.6 Å². The first kappa shape index (κ1) is 17.7. The number of carbonyl (C=O) groups is 1. The van der Waals surface area contributed by atoms with Gasteiger partial charge in [-0.15, -0.1) is 10.2 Å². The highest BCUT2D eigenvalue weighted by molar-refractivity contribution is 7.15. The molecule has 1 saturated carbocycles. The molecule has 0 unspecified atom stereocenters. The van der Waals surface area contributed by atoms with Gasteiger partial charge in [-0.25, -0.2) is 9.48 Å². The van der Waals surface area contributed by atoms with Crippen molar-refractivity contribution in [2.24, 2.45) is 0 Å². The van der Waals surface area contributed by atoms with Crippen molar-refractivity contribution in [3.63, 3.8) is 0 Å². The van der Waals surface area contributed by atoms with Gasteiger partial charge in [0.15, 0.2) is 0 Å². The van der Waals surface area contributed by atoms with Gasteiger partial charge in [0.25, 0.3) is 0 Å². The maximum atomic E-state index is 12.0. The molecule has 7 nitrogen and oxygen atoms in total. The Morgan fingerprint density at radius 2 is 2.07 bits per heavy atom. The van der Waals surface area contributed by atoms with Crippen LogP contribution in [0.5, 0.6) is 0 Å². The summed E-state index contributed by atoms with van der Waals surface area (Å²) in [5.41, 5.74) is 3.26. The second-order valence-corrected chi connectivity index (χ2v) is 7.73. The first-order valence-corrected chi connectivity index (χ1v) is 9.99. The third kappa shape index (κ3) is 4.51. The van der Waals surface area contributed by atoms with E-state index in [4.69, 9.17) is 0 Å². The van der Waals surface area contributed by atoms with Gasteiger partial charge < -0.3 is 5.32 Å². The summed E-state index contributed by atoms with van der Waals surface area (Å²) in [7, 11) is 0. The van der Waals surface area contributed by atoms with Crippen molar-refractivity contribution in [1.29, 1.82) is 0 Å². The SMILES string of the molecule is Cc1nn(-c2ccccc2)cc1CCCNC(=O)Nc1nnc(C2CC2)s1. The first-order valence-electron chi connectivity index (χ1n) is 9.18. The highest BCUT2D eigenvalue weighted by Crippen LogP contribution is 2.41. The van der Waals surface area contributed by atoms with E-state index in [2.05, 4.69) is 32.1 Å². The molecule has 2 amide bonds. The van der Waals surface area contributed by atoms with Gasteiger partial charge in [0.05, 0.1) is 11.4 Å². The molecule has 4 rings (SSSR count). The molecular formula is C19H22N6OS. The molecule has 0 spiro atoms. The lowest BCUT2D eigenvalue weighted by molar-refractivity contribution is 0.252. The molecule has 0 saturated heterocycles. The van der Waals surface area contributed by atoms with Gasteiger partial charge in [-0.1, -0.05) is 29.5 Å². The Hall–Kier alpha value is -2.74. The van der Waals surface area contributed by atoms with Gasteiger partial charge in [0, 0.05) is 18.7 Å². The van der Waals surface area contributed by atoms with Crippen LogP contribution in [0.3, 0.4) is 0 Å². The second kappa shape index (κ2) is 7.87. The number of anilines is 1. The fourth-order valence-corrected chi connectivity index (χ4v) is 3.76. The van der Waals surface area contributed by atoms with E-state index < -0.39 is 0 Å². The number of hydrogen-bond acceptors (Lipinski definition) is 5. The van der Waals surface area contributed by atoms with Crippen LogP contribution in [-0.2, 0) is 6.42 Å². The normalized spacial score (nSPS) is 13.5. The number of urea groups is 1. The minimum absolute atomic E-state index is 0.231. The fourth-order valence-electron chi connectivity index (χ4n) is 2.86. The Morgan fingerprint density at radius 3 is 2.85 bits per heavy atom. The average Bonchev–Trinajstić information content (AvgIpc) is 3.32. The van der Waals surface area contributed by atoms with Gasteiger partial charge in [0.2, 0.25) is 5.13 Å². The summed E-state index contributed by atoms with van der Waals surface area (Å²) in [6, 6.07) is 9.82. The molecule has 2 N–H and O–H groups in total. The van der Waals surface area contributed by atoms with E-state index in [1.807, 2.05) is 41.9 Å². The Labute approximate surface area is 161 Å². The van der Waals surface area contributed by atoms with E-state index in [0.717, 1.165) is 29.2 Å². The Morgan fingerprint density at radius 1 is 1.26 bits per heavy atom. The summed E-state index contributed by atoms with van der Waals surface area (Å²) in [5, 5.41) is 19.9. The molecule has 0 bridgehead atoms. The largest absolute Gasteiger partial charge is 0.338 e. The number of hydrogen-bond donors (Lipinski definition) is 2. The number of nitrogens with one attached hydrogen (secondary N) is 2. The molecule has 0 atom stereocenters. The first-order chi connectivity index (χ1) is 13.2. The van der Waals surface area contributed by atoms with Gasteiger partial charge in [-0.2, -0.15) is 5.10 Å². The van der Waals surface area contributed by atoms with E-state index in [1.54, 1.807) is 0 Å². The molecule has 0 aliphatic heterocycles. The van der Waals surface area contributed by atoms with Crippen LogP contribution in [0.15, 0.2) is 36.5 Å². The number of aromatic nitrogens is 4. The molecule has 1 aliphatic carbocycles. The molecule has 0 radical (unpaired) electrons. The molecule has 2 heterocycles. The molecule has 1 aliphatic rings. The standard InChI is InChI=1S/C19H22N6OS/c1-13-15(12-25(24-13)16-7-3-2-4-8-16)6-5-11-20-18(26)21-19-23-22-17(27-19)14-9-10-14/h2-4,7-8,12,14H,5-6,9-11H2,1H3,(H2,20,21,23,26). The fraction of sp³-hybridized carbons (Fsp3) is 0.368. The van der Waals surface area contributed by atoms with Crippen molar-refractivity contribution in [1.82, 2.24) is 25.3 Å². The molecular weight excluding hydrogens is 360 g/mol. The number of para-hydroxylation sites is 1. The topological polar surface area (TPSA) is 84.7 Å². The number of rotatable bonds is 7. The van der Waals surface area contributed by atoms with E-state index >= 15 is 0 Å². The number of nitrogens with zero attached hydrogens (tertiary/aromatic N) is 4. The van der Waals surface area contributed by atoms with Crippen molar-refractivity contribution in [3.05, 3.63) is 52.8 Å². The van der Waals surface area contributed by atoms with Crippen LogP contribution in [0, 0.1) is 6.92 Å². The molecule has 2 aromatic heterocycles. The number of carbonyl (C=O) groups excluding carboxylic acids is 1. The third-order valence-electron chi connectivity index (χ3n) is 4.52. The molecule has 1 aromatic carbocycles. The maximum Gasteiger partial charge on any atom is 0.321 e. The lowest BCUT2D eigenvalue weighted by Gasteiger charge is -2.04. The van der Waals surface area contributed by atoms with Gasteiger partial charge in [-0.3, -0.25) is 5.32 Å². The average molecular weight is 382 g/mol. The van der Waals surface area contributed by atoms with E-state index in [0.29, 0.717) is 17.6 Å².